The molecule has 0 heterocycles. The molecule has 0 aliphatic heterocycles. The summed E-state index contributed by atoms with van der Waals surface area (Å²) in [7, 11) is 3.10. The van der Waals surface area contributed by atoms with Crippen LogP contribution in [0.25, 0.3) is 6.08 Å². The number of nitrogens with one attached hydrogen (secondary N) is 1. The molecule has 160 valence electrons. The van der Waals surface area contributed by atoms with Crippen LogP contribution in [-0.2, 0) is 14.3 Å². The van der Waals surface area contributed by atoms with Crippen LogP contribution >= 0.6 is 0 Å². The van der Waals surface area contributed by atoms with Gasteiger partial charge in [0.2, 0.25) is 0 Å². The van der Waals surface area contributed by atoms with Crippen LogP contribution in [0.5, 0.6) is 11.5 Å². The van der Waals surface area contributed by atoms with Crippen LogP contribution in [0.4, 0.5) is 5.69 Å². The smallest absolute Gasteiger partial charge is 0.331 e. The zero-order chi connectivity index (χ0) is 22.3. The Labute approximate surface area is 177 Å². The van der Waals surface area contributed by atoms with Crippen LogP contribution in [0.3, 0.4) is 0 Å². The molecule has 30 heavy (non-hydrogen) atoms. The van der Waals surface area contributed by atoms with Crippen molar-refractivity contribution in [2.24, 2.45) is 0 Å². The molecular formula is C24H29NO5. The second-order valence-corrected chi connectivity index (χ2v) is 7.24. The van der Waals surface area contributed by atoms with E-state index < -0.39 is 12.1 Å². The minimum absolute atomic E-state index is 0.251. The Morgan fingerprint density at radius 1 is 1.00 bits per heavy atom. The molecule has 2 rings (SSSR count). The second-order valence-electron chi connectivity index (χ2n) is 7.24. The van der Waals surface area contributed by atoms with Crippen molar-refractivity contribution in [3.8, 4) is 11.5 Å². The molecule has 0 aromatic heterocycles. The first kappa shape index (κ1) is 23.0. The van der Waals surface area contributed by atoms with Crippen molar-refractivity contribution in [2.75, 3.05) is 19.5 Å². The molecule has 0 bridgehead atoms. The van der Waals surface area contributed by atoms with Crippen LogP contribution in [0.1, 0.15) is 43.4 Å². The highest BCUT2D eigenvalue weighted by molar-refractivity contribution is 5.97. The standard InChI is InChI=1S/C24H29NO5/c1-15(2)21-9-7-8-16(3)23(21)25-24(27)17(4)30-22(26)11-10-18-12-19(28-5)14-20(13-18)29-6/h7-15,17H,1-6H3,(H,25,27)/b11-10+/t17-/m1/s1. The number of aryl methyl sites for hydroxylation is 1. The SMILES string of the molecule is COc1cc(/C=C/C(=O)O[C@H](C)C(=O)Nc2c(C)cccc2C(C)C)cc(OC)c1. The summed E-state index contributed by atoms with van der Waals surface area (Å²) < 4.78 is 15.7. The number of ether oxygens (including phenoxy) is 3. The van der Waals surface area contributed by atoms with Gasteiger partial charge in [-0.2, -0.15) is 0 Å². The Morgan fingerprint density at radius 2 is 1.63 bits per heavy atom. The maximum Gasteiger partial charge on any atom is 0.331 e. The highest BCUT2D eigenvalue weighted by Crippen LogP contribution is 2.27. The normalized spacial score (nSPS) is 12.0. The molecule has 0 saturated heterocycles. The molecule has 0 aliphatic rings. The summed E-state index contributed by atoms with van der Waals surface area (Å²) in [5.41, 5.74) is 3.47. The van der Waals surface area contributed by atoms with E-state index in [1.54, 1.807) is 45.4 Å². The molecule has 6 nitrogen and oxygen atoms in total. The van der Waals surface area contributed by atoms with Gasteiger partial charge in [0, 0.05) is 17.8 Å². The summed E-state index contributed by atoms with van der Waals surface area (Å²) >= 11 is 0. The number of carbonyl (C=O) groups excluding carboxylic acids is 2. The van der Waals surface area contributed by atoms with Crippen molar-refractivity contribution >= 4 is 23.6 Å². The quantitative estimate of drug-likeness (QED) is 0.503. The van der Waals surface area contributed by atoms with Gasteiger partial charge < -0.3 is 19.5 Å². The lowest BCUT2D eigenvalue weighted by atomic mass is 9.98. The fourth-order valence-electron chi connectivity index (χ4n) is 2.92. The number of carbonyl (C=O) groups is 2. The Bertz CT molecular complexity index is 911. The number of methoxy groups -OCH3 is 2. The molecule has 1 amide bonds. The van der Waals surface area contributed by atoms with Crippen LogP contribution in [-0.4, -0.2) is 32.2 Å². The van der Waals surface area contributed by atoms with Gasteiger partial charge in [-0.1, -0.05) is 32.0 Å². The topological polar surface area (TPSA) is 73.9 Å². The van der Waals surface area contributed by atoms with Crippen LogP contribution < -0.4 is 14.8 Å². The van der Waals surface area contributed by atoms with E-state index in [1.165, 1.54) is 6.08 Å². The van der Waals surface area contributed by atoms with E-state index in [-0.39, 0.29) is 11.8 Å². The van der Waals surface area contributed by atoms with E-state index >= 15 is 0 Å². The molecule has 0 radical (unpaired) electrons. The average Bonchev–Trinajstić information content (AvgIpc) is 2.72. The van der Waals surface area contributed by atoms with Crippen molar-refractivity contribution in [3.63, 3.8) is 0 Å². The van der Waals surface area contributed by atoms with E-state index in [4.69, 9.17) is 14.2 Å². The Morgan fingerprint density at radius 3 is 2.20 bits per heavy atom. The predicted octanol–water partition coefficient (Wildman–Crippen LogP) is 4.72. The van der Waals surface area contributed by atoms with E-state index in [9.17, 15) is 9.59 Å². The third-order valence-corrected chi connectivity index (χ3v) is 4.62. The van der Waals surface area contributed by atoms with Crippen molar-refractivity contribution in [1.29, 1.82) is 0 Å². The third-order valence-electron chi connectivity index (χ3n) is 4.62. The number of anilines is 1. The number of esters is 1. The Balaban J connectivity index is 2.04. The lowest BCUT2D eigenvalue weighted by Crippen LogP contribution is -2.30. The van der Waals surface area contributed by atoms with Gasteiger partial charge in [-0.3, -0.25) is 4.79 Å². The lowest BCUT2D eigenvalue weighted by molar-refractivity contribution is -0.148. The van der Waals surface area contributed by atoms with E-state index in [2.05, 4.69) is 19.2 Å². The number of hydrogen-bond donors (Lipinski definition) is 1. The predicted molar refractivity (Wildman–Crippen MR) is 118 cm³/mol. The van der Waals surface area contributed by atoms with Gasteiger partial charge in [-0.25, -0.2) is 4.79 Å². The van der Waals surface area contributed by atoms with E-state index in [0.29, 0.717) is 17.1 Å². The monoisotopic (exact) mass is 411 g/mol. The van der Waals surface area contributed by atoms with E-state index in [1.807, 2.05) is 25.1 Å². The largest absolute Gasteiger partial charge is 0.497 e. The van der Waals surface area contributed by atoms with Crippen LogP contribution in [0.15, 0.2) is 42.5 Å². The van der Waals surface area contributed by atoms with Crippen molar-refractivity contribution < 1.29 is 23.8 Å². The molecule has 0 fully saturated rings. The van der Waals surface area contributed by atoms with Gasteiger partial charge in [-0.15, -0.1) is 0 Å². The van der Waals surface area contributed by atoms with Crippen molar-refractivity contribution in [2.45, 2.75) is 39.7 Å². The van der Waals surface area contributed by atoms with Crippen molar-refractivity contribution in [3.05, 3.63) is 59.2 Å². The summed E-state index contributed by atoms with van der Waals surface area (Å²) in [6.45, 7) is 7.60. The first-order valence-corrected chi connectivity index (χ1v) is 9.77. The zero-order valence-electron chi connectivity index (χ0n) is 18.3. The number of benzene rings is 2. The zero-order valence-corrected chi connectivity index (χ0v) is 18.3. The van der Waals surface area contributed by atoms with Gasteiger partial charge in [0.25, 0.3) is 5.91 Å². The molecule has 6 heteroatoms. The number of amides is 1. The fourth-order valence-corrected chi connectivity index (χ4v) is 2.92. The number of rotatable bonds is 8. The molecule has 0 saturated carbocycles. The molecule has 1 atom stereocenters. The average molecular weight is 411 g/mol. The van der Waals surface area contributed by atoms with Gasteiger partial charge in [-0.05, 0) is 54.7 Å². The Hall–Kier alpha value is -3.28. The summed E-state index contributed by atoms with van der Waals surface area (Å²) in [4.78, 5) is 24.8. The highest BCUT2D eigenvalue weighted by Gasteiger charge is 2.19. The summed E-state index contributed by atoms with van der Waals surface area (Å²) in [6, 6.07) is 11.1. The lowest BCUT2D eigenvalue weighted by Gasteiger charge is -2.18. The third kappa shape index (κ3) is 6.11. The maximum atomic E-state index is 12.6. The number of para-hydroxylation sites is 1. The van der Waals surface area contributed by atoms with Gasteiger partial charge in [0.15, 0.2) is 6.10 Å². The first-order chi connectivity index (χ1) is 14.2. The van der Waals surface area contributed by atoms with Crippen LogP contribution in [0.2, 0.25) is 0 Å². The molecule has 2 aromatic carbocycles. The summed E-state index contributed by atoms with van der Waals surface area (Å²) in [6.07, 6.45) is 1.91. The van der Waals surface area contributed by atoms with E-state index in [0.717, 1.165) is 16.8 Å². The second kappa shape index (κ2) is 10.5. The highest BCUT2D eigenvalue weighted by atomic mass is 16.5. The molecule has 0 aliphatic carbocycles. The summed E-state index contributed by atoms with van der Waals surface area (Å²) in [5, 5.41) is 2.90. The molecular weight excluding hydrogens is 382 g/mol. The molecule has 0 unspecified atom stereocenters. The Kier molecular flexibility index (Phi) is 8.04. The molecule has 0 spiro atoms. The van der Waals surface area contributed by atoms with Gasteiger partial charge >= 0.3 is 5.97 Å². The molecule has 1 N–H and O–H groups in total. The first-order valence-electron chi connectivity index (χ1n) is 9.77. The van der Waals surface area contributed by atoms with Gasteiger partial charge in [0.1, 0.15) is 11.5 Å². The van der Waals surface area contributed by atoms with Crippen molar-refractivity contribution in [1.82, 2.24) is 0 Å². The summed E-state index contributed by atoms with van der Waals surface area (Å²) in [5.74, 6) is 0.466. The number of hydrogen-bond acceptors (Lipinski definition) is 5. The minimum Gasteiger partial charge on any atom is -0.497 e. The fraction of sp³-hybridized carbons (Fsp3) is 0.333. The maximum absolute atomic E-state index is 12.6. The molecule has 2 aromatic rings. The minimum atomic E-state index is -0.943. The van der Waals surface area contributed by atoms with Crippen LogP contribution in [0, 0.1) is 6.92 Å². The van der Waals surface area contributed by atoms with Gasteiger partial charge in [0.05, 0.1) is 14.2 Å².